The van der Waals surface area contributed by atoms with E-state index in [9.17, 15) is 13.2 Å². The third kappa shape index (κ3) is 6.15. The fraction of sp³-hybridized carbons (Fsp3) is 0.353. The molecule has 0 saturated heterocycles. The van der Waals surface area contributed by atoms with Crippen LogP contribution >= 0.6 is 0 Å². The van der Waals surface area contributed by atoms with Crippen LogP contribution in [0.15, 0.2) is 83.8 Å². The van der Waals surface area contributed by atoms with E-state index in [1.54, 1.807) is 0 Å². The molecule has 1 aliphatic rings. The molecule has 5 rings (SSSR count). The first kappa shape index (κ1) is 28.8. The van der Waals surface area contributed by atoms with Gasteiger partial charge in [0.2, 0.25) is 0 Å². The lowest BCUT2D eigenvalue weighted by Crippen LogP contribution is -2.31. The van der Waals surface area contributed by atoms with Crippen LogP contribution in [0.3, 0.4) is 0 Å². The summed E-state index contributed by atoms with van der Waals surface area (Å²) < 4.78 is 35.2. The van der Waals surface area contributed by atoms with Gasteiger partial charge in [0, 0.05) is 17.0 Å². The van der Waals surface area contributed by atoms with E-state index in [2.05, 4.69) is 32.9 Å². The maximum Gasteiger partial charge on any atom is 0.337 e. The van der Waals surface area contributed by atoms with Gasteiger partial charge in [-0.05, 0) is 65.8 Å². The van der Waals surface area contributed by atoms with E-state index in [1.165, 1.54) is 47.7 Å². The molecule has 0 amide bonds. The highest BCUT2D eigenvalue weighted by molar-refractivity contribution is 7.92. The number of hydrogen-bond acceptors (Lipinski definition) is 5. The molecule has 0 aliphatic heterocycles. The van der Waals surface area contributed by atoms with Crippen molar-refractivity contribution in [2.24, 2.45) is 0 Å². The Hall–Kier alpha value is -3.71. The molecule has 1 aromatic heterocycles. The Morgan fingerprint density at radius 2 is 1.59 bits per heavy atom. The molecule has 0 N–H and O–H groups in total. The number of para-hydroxylation sites is 1. The summed E-state index contributed by atoms with van der Waals surface area (Å²) in [5, 5.41) is 0.785. The minimum absolute atomic E-state index is 0.0120. The largest absolute Gasteiger partial charge is 0.465 e. The van der Waals surface area contributed by atoms with Crippen molar-refractivity contribution >= 4 is 32.6 Å². The third-order valence-corrected chi connectivity index (χ3v) is 9.79. The van der Waals surface area contributed by atoms with Gasteiger partial charge in [0.05, 0.1) is 35.3 Å². The Balaban J connectivity index is 1.66. The molecule has 1 saturated carbocycles. The third-order valence-electron chi connectivity index (χ3n) is 8.02. The van der Waals surface area contributed by atoms with Crippen LogP contribution in [0.1, 0.15) is 86.0 Å². The van der Waals surface area contributed by atoms with Gasteiger partial charge >= 0.3 is 5.97 Å². The molecule has 4 aromatic rings. The van der Waals surface area contributed by atoms with Crippen molar-refractivity contribution in [3.63, 3.8) is 0 Å². The fourth-order valence-electron chi connectivity index (χ4n) is 5.57. The number of rotatable bonds is 7. The SMILES string of the molecule is COC(=O)c1ccc(S(=O)(=O)N(Cc2ccc(C(C)(C)C)cc2)c2cc(C3CCCCC3)nc3ccccc23)cc1. The van der Waals surface area contributed by atoms with Crippen molar-refractivity contribution < 1.29 is 17.9 Å². The Labute approximate surface area is 243 Å². The highest BCUT2D eigenvalue weighted by Crippen LogP contribution is 2.38. The lowest BCUT2D eigenvalue weighted by Gasteiger charge is -2.28. The van der Waals surface area contributed by atoms with E-state index < -0.39 is 16.0 Å². The highest BCUT2D eigenvalue weighted by atomic mass is 32.2. The Bertz CT molecular complexity index is 1630. The number of anilines is 1. The molecule has 0 bridgehead atoms. The summed E-state index contributed by atoms with van der Waals surface area (Å²) in [5.74, 6) is -0.205. The van der Waals surface area contributed by atoms with Gasteiger partial charge in [0.15, 0.2) is 0 Å². The molecule has 0 atom stereocenters. The number of carbonyl (C=O) groups is 1. The summed E-state index contributed by atoms with van der Waals surface area (Å²) in [6.45, 7) is 6.63. The zero-order valence-corrected chi connectivity index (χ0v) is 25.1. The van der Waals surface area contributed by atoms with Crippen LogP contribution in [0, 0.1) is 0 Å². The van der Waals surface area contributed by atoms with Gasteiger partial charge in [-0.1, -0.05) is 82.5 Å². The number of hydrogen-bond donors (Lipinski definition) is 0. The fourth-order valence-corrected chi connectivity index (χ4v) is 7.04. The topological polar surface area (TPSA) is 76.6 Å². The van der Waals surface area contributed by atoms with Crippen molar-refractivity contribution in [3.05, 3.63) is 101 Å². The predicted octanol–water partition coefficient (Wildman–Crippen LogP) is 7.76. The van der Waals surface area contributed by atoms with E-state index in [1.807, 2.05) is 42.5 Å². The van der Waals surface area contributed by atoms with Crippen LogP contribution in [-0.2, 0) is 26.7 Å². The first-order valence-corrected chi connectivity index (χ1v) is 15.7. The summed E-state index contributed by atoms with van der Waals surface area (Å²) in [6.07, 6.45) is 5.65. The van der Waals surface area contributed by atoms with Gasteiger partial charge in [-0.3, -0.25) is 9.29 Å². The molecule has 1 fully saturated rings. The number of pyridine rings is 1. The average molecular weight is 571 g/mol. The minimum atomic E-state index is -4.03. The smallest absolute Gasteiger partial charge is 0.337 e. The molecule has 7 heteroatoms. The van der Waals surface area contributed by atoms with Gasteiger partial charge in [0.1, 0.15) is 0 Å². The van der Waals surface area contributed by atoms with Crippen molar-refractivity contribution in [2.45, 2.75) is 75.6 Å². The van der Waals surface area contributed by atoms with Crippen molar-refractivity contribution in [2.75, 3.05) is 11.4 Å². The lowest BCUT2D eigenvalue weighted by molar-refractivity contribution is 0.0600. The van der Waals surface area contributed by atoms with Crippen LogP contribution in [0.5, 0.6) is 0 Å². The minimum Gasteiger partial charge on any atom is -0.465 e. The van der Waals surface area contributed by atoms with Gasteiger partial charge in [-0.25, -0.2) is 13.2 Å². The highest BCUT2D eigenvalue weighted by Gasteiger charge is 2.29. The first-order chi connectivity index (χ1) is 19.6. The van der Waals surface area contributed by atoms with E-state index in [-0.39, 0.29) is 16.9 Å². The van der Waals surface area contributed by atoms with Gasteiger partial charge in [0.25, 0.3) is 10.0 Å². The van der Waals surface area contributed by atoms with Crippen molar-refractivity contribution in [1.29, 1.82) is 0 Å². The number of fused-ring (bicyclic) bond motifs is 1. The summed E-state index contributed by atoms with van der Waals surface area (Å²) >= 11 is 0. The molecule has 1 heterocycles. The quantitative estimate of drug-likeness (QED) is 0.212. The van der Waals surface area contributed by atoms with E-state index in [0.29, 0.717) is 17.2 Å². The number of carbonyl (C=O) groups excluding carboxylic acids is 1. The molecule has 0 unspecified atom stereocenters. The van der Waals surface area contributed by atoms with Crippen LogP contribution in [0.25, 0.3) is 10.9 Å². The van der Waals surface area contributed by atoms with E-state index >= 15 is 0 Å². The van der Waals surface area contributed by atoms with Crippen LogP contribution in [0.2, 0.25) is 0 Å². The van der Waals surface area contributed by atoms with Crippen molar-refractivity contribution in [1.82, 2.24) is 4.98 Å². The number of nitrogens with zero attached hydrogens (tertiary/aromatic N) is 2. The Morgan fingerprint density at radius 1 is 0.927 bits per heavy atom. The maximum atomic E-state index is 14.4. The summed E-state index contributed by atoms with van der Waals surface area (Å²) in [4.78, 5) is 17.1. The number of aromatic nitrogens is 1. The molecule has 1 aliphatic carbocycles. The Morgan fingerprint density at radius 3 is 2.22 bits per heavy atom. The monoisotopic (exact) mass is 570 g/mol. The molecule has 41 heavy (non-hydrogen) atoms. The van der Waals surface area contributed by atoms with Gasteiger partial charge in [-0.15, -0.1) is 0 Å². The second-order valence-electron chi connectivity index (χ2n) is 11.9. The zero-order chi connectivity index (χ0) is 29.2. The molecule has 0 spiro atoms. The average Bonchev–Trinajstić information content (AvgIpc) is 2.99. The number of sulfonamides is 1. The molecule has 3 aromatic carbocycles. The normalized spacial score (nSPS) is 14.6. The van der Waals surface area contributed by atoms with Crippen molar-refractivity contribution in [3.8, 4) is 0 Å². The summed E-state index contributed by atoms with van der Waals surface area (Å²) in [6, 6.07) is 23.8. The van der Waals surface area contributed by atoms with E-state index in [0.717, 1.165) is 47.8 Å². The predicted molar refractivity (Wildman–Crippen MR) is 164 cm³/mol. The first-order valence-electron chi connectivity index (χ1n) is 14.3. The molecule has 6 nitrogen and oxygen atoms in total. The van der Waals surface area contributed by atoms with Gasteiger partial charge in [-0.2, -0.15) is 0 Å². The molecule has 0 radical (unpaired) electrons. The van der Waals surface area contributed by atoms with Gasteiger partial charge < -0.3 is 4.74 Å². The molecular weight excluding hydrogens is 532 g/mol. The van der Waals surface area contributed by atoms with Crippen LogP contribution < -0.4 is 4.31 Å². The van der Waals surface area contributed by atoms with Crippen LogP contribution in [-0.4, -0.2) is 26.5 Å². The Kier molecular flexibility index (Phi) is 8.18. The zero-order valence-electron chi connectivity index (χ0n) is 24.3. The second kappa shape index (κ2) is 11.6. The number of ether oxygens (including phenoxy) is 1. The molecule has 214 valence electrons. The lowest BCUT2D eigenvalue weighted by atomic mass is 9.86. The van der Waals surface area contributed by atoms with E-state index in [4.69, 9.17) is 9.72 Å². The number of benzene rings is 3. The standard InChI is InChI=1S/C34H38N2O4S/c1-34(2,3)27-18-14-24(15-19-27)23-36(41(38,39)28-20-16-26(17-21-28)33(37)40-4)32-22-31(25-10-6-5-7-11-25)35-30-13-9-8-12-29(30)32/h8-9,12-22,25H,5-7,10-11,23H2,1-4H3. The summed E-state index contributed by atoms with van der Waals surface area (Å²) in [5.41, 5.74) is 4.70. The number of methoxy groups -OCH3 is 1. The maximum absolute atomic E-state index is 14.4. The summed E-state index contributed by atoms with van der Waals surface area (Å²) in [7, 11) is -2.72. The second-order valence-corrected chi connectivity index (χ2v) is 13.8. The molecular formula is C34H38N2O4S. The van der Waals surface area contributed by atoms with Crippen LogP contribution in [0.4, 0.5) is 5.69 Å². The number of esters is 1.